The van der Waals surface area contributed by atoms with E-state index in [1.54, 1.807) is 11.8 Å². The third kappa shape index (κ3) is 4.71. The van der Waals surface area contributed by atoms with Crippen LogP contribution in [0.25, 0.3) is 0 Å². The van der Waals surface area contributed by atoms with Crippen LogP contribution in [0.1, 0.15) is 62.3 Å². The SMILES string of the molecule is CC(C)CC(C(=O)O)N1C(=O)C2C3CC(C2C1=O)C1C3Sc2[nH]c(=O)sc2[C@@H]1c1ccccc1OCC(=O)N1CCCCC1. The fourth-order valence-corrected chi connectivity index (χ4v) is 11.6. The lowest BCUT2D eigenvalue weighted by Crippen LogP contribution is -2.47. The van der Waals surface area contributed by atoms with E-state index in [2.05, 4.69) is 4.98 Å². The highest BCUT2D eigenvalue weighted by Gasteiger charge is 2.70. The Morgan fingerprint density at radius 1 is 1.05 bits per heavy atom. The highest BCUT2D eigenvalue weighted by molar-refractivity contribution is 8.00. The Morgan fingerprint density at radius 3 is 2.45 bits per heavy atom. The van der Waals surface area contributed by atoms with Crippen molar-refractivity contribution in [3.8, 4) is 5.75 Å². The summed E-state index contributed by atoms with van der Waals surface area (Å²) in [5.41, 5.74) is 0.867. The van der Waals surface area contributed by atoms with Gasteiger partial charge >= 0.3 is 10.8 Å². The standard InChI is InChI=1S/C32H37N3O7S2/c1-15(2)12-19(31(39)40)35-29(37)24-17-13-18(25(24)30(35)38)26-23(17)22(27-28(43-26)33-32(41)44-27)16-8-4-5-9-20(16)42-14-21(36)34-10-6-3-7-11-34/h4-5,8-9,15,17-19,22-26H,3,6-7,10-14H2,1-2H3,(H,33,41)(H,39,40)/t17?,18?,19?,22-,23?,24?,25?,26?/m1/s1. The first-order valence-electron chi connectivity index (χ1n) is 15.6. The summed E-state index contributed by atoms with van der Waals surface area (Å²) in [7, 11) is 0. The summed E-state index contributed by atoms with van der Waals surface area (Å²) in [6.07, 6.45) is 4.03. The molecule has 2 saturated carbocycles. The fourth-order valence-electron chi connectivity index (χ4n) is 8.70. The number of thioether (sulfide) groups is 1. The van der Waals surface area contributed by atoms with Crippen LogP contribution in [-0.4, -0.2) is 74.6 Å². The molecule has 7 unspecified atom stereocenters. The predicted molar refractivity (Wildman–Crippen MR) is 164 cm³/mol. The molecule has 234 valence electrons. The molecule has 7 rings (SSSR count). The number of carboxylic acid groups (broad SMARTS) is 1. The van der Waals surface area contributed by atoms with Crippen molar-refractivity contribution in [3.05, 3.63) is 44.4 Å². The first-order chi connectivity index (χ1) is 21.2. The first-order valence-corrected chi connectivity index (χ1v) is 17.3. The number of aromatic nitrogens is 1. The molecule has 2 N–H and O–H groups in total. The van der Waals surface area contributed by atoms with Crippen LogP contribution in [0.3, 0.4) is 0 Å². The second-order valence-electron chi connectivity index (χ2n) is 13.3. The number of para-hydroxylation sites is 1. The van der Waals surface area contributed by atoms with Crippen LogP contribution >= 0.6 is 23.1 Å². The van der Waals surface area contributed by atoms with E-state index >= 15 is 0 Å². The first kappa shape index (κ1) is 29.6. The molecule has 2 aliphatic carbocycles. The third-order valence-electron chi connectivity index (χ3n) is 10.4. The molecule has 8 atom stereocenters. The van der Waals surface area contributed by atoms with Gasteiger partial charge in [0, 0.05) is 34.7 Å². The van der Waals surface area contributed by atoms with E-state index in [-0.39, 0.29) is 70.5 Å². The minimum atomic E-state index is -1.17. The number of amides is 3. The van der Waals surface area contributed by atoms with Gasteiger partial charge in [-0.2, -0.15) is 0 Å². The predicted octanol–water partition coefficient (Wildman–Crippen LogP) is 3.80. The zero-order valence-corrected chi connectivity index (χ0v) is 26.4. The van der Waals surface area contributed by atoms with Crippen LogP contribution in [0.2, 0.25) is 0 Å². The number of hydrogen-bond acceptors (Lipinski definition) is 8. The zero-order chi connectivity index (χ0) is 30.9. The van der Waals surface area contributed by atoms with Crippen molar-refractivity contribution in [2.45, 2.75) is 68.2 Å². The molecule has 2 bridgehead atoms. The molecule has 10 nitrogen and oxygen atoms in total. The molecule has 2 aromatic rings. The molecule has 0 spiro atoms. The molecule has 3 aliphatic heterocycles. The van der Waals surface area contributed by atoms with Gasteiger partial charge < -0.3 is 19.7 Å². The molecule has 3 amide bonds. The van der Waals surface area contributed by atoms with Crippen molar-refractivity contribution in [3.63, 3.8) is 0 Å². The number of fused-ring (bicyclic) bond motifs is 9. The Bertz CT molecular complexity index is 1560. The summed E-state index contributed by atoms with van der Waals surface area (Å²) < 4.78 is 6.22. The number of aliphatic carboxylic acids is 1. The van der Waals surface area contributed by atoms with Crippen molar-refractivity contribution in [2.75, 3.05) is 19.7 Å². The smallest absolute Gasteiger partial charge is 0.326 e. The number of carbonyl (C=O) groups is 4. The lowest BCUT2D eigenvalue weighted by atomic mass is 9.68. The summed E-state index contributed by atoms with van der Waals surface area (Å²) in [6.45, 7) is 5.18. The van der Waals surface area contributed by atoms with E-state index in [4.69, 9.17) is 4.74 Å². The maximum Gasteiger partial charge on any atom is 0.326 e. The number of piperidine rings is 1. The highest BCUT2D eigenvalue weighted by atomic mass is 32.2. The van der Waals surface area contributed by atoms with Crippen molar-refractivity contribution >= 4 is 46.8 Å². The van der Waals surface area contributed by atoms with E-state index in [1.807, 2.05) is 43.0 Å². The number of rotatable bonds is 8. The number of hydrogen-bond donors (Lipinski definition) is 2. The Balaban J connectivity index is 1.23. The van der Waals surface area contributed by atoms with Gasteiger partial charge in [-0.05, 0) is 61.8 Å². The number of benzene rings is 1. The zero-order valence-electron chi connectivity index (χ0n) is 24.8. The minimum absolute atomic E-state index is 0.00230. The Labute approximate surface area is 263 Å². The van der Waals surface area contributed by atoms with Gasteiger partial charge in [0.2, 0.25) is 11.8 Å². The molecule has 1 aromatic carbocycles. The molecular weight excluding hydrogens is 603 g/mol. The average molecular weight is 640 g/mol. The van der Waals surface area contributed by atoms with Crippen LogP contribution in [0, 0.1) is 35.5 Å². The number of nitrogens with zero attached hydrogens (tertiary/aromatic N) is 2. The second kappa shape index (κ2) is 11.3. The van der Waals surface area contributed by atoms with Crippen LogP contribution < -0.4 is 9.61 Å². The van der Waals surface area contributed by atoms with E-state index in [0.717, 1.165) is 52.7 Å². The number of carboxylic acids is 1. The quantitative estimate of drug-likeness (QED) is 0.417. The van der Waals surface area contributed by atoms with E-state index in [9.17, 15) is 29.1 Å². The fraction of sp³-hybridized carbons (Fsp3) is 0.594. The van der Waals surface area contributed by atoms with Gasteiger partial charge in [0.1, 0.15) is 11.8 Å². The highest BCUT2D eigenvalue weighted by Crippen LogP contribution is 2.69. The van der Waals surface area contributed by atoms with Gasteiger partial charge in [-0.15, -0.1) is 11.8 Å². The molecule has 4 heterocycles. The number of likely N-dealkylation sites (tertiary alicyclic amines) is 2. The van der Waals surface area contributed by atoms with E-state index in [0.29, 0.717) is 12.2 Å². The Morgan fingerprint density at radius 2 is 1.75 bits per heavy atom. The third-order valence-corrected chi connectivity index (χ3v) is 13.0. The molecule has 4 fully saturated rings. The summed E-state index contributed by atoms with van der Waals surface area (Å²) in [5.74, 6) is -3.03. The summed E-state index contributed by atoms with van der Waals surface area (Å²) in [6, 6.07) is 6.46. The number of ether oxygens (including phenoxy) is 1. The number of nitrogens with one attached hydrogen (secondary N) is 1. The van der Waals surface area contributed by atoms with Gasteiger partial charge in [-0.1, -0.05) is 43.4 Å². The van der Waals surface area contributed by atoms with Crippen molar-refractivity contribution < 1.29 is 29.0 Å². The van der Waals surface area contributed by atoms with Crippen LogP contribution in [0.4, 0.5) is 0 Å². The average Bonchev–Trinajstić information content (AvgIpc) is 3.74. The Hall–Kier alpha value is -3.12. The van der Waals surface area contributed by atoms with Crippen molar-refractivity contribution in [1.82, 2.24) is 14.8 Å². The number of carbonyl (C=O) groups excluding carboxylic acids is 3. The summed E-state index contributed by atoms with van der Waals surface area (Å²) in [4.78, 5) is 72.4. The molecule has 5 aliphatic rings. The van der Waals surface area contributed by atoms with Gasteiger partial charge in [0.15, 0.2) is 6.61 Å². The van der Waals surface area contributed by atoms with Gasteiger partial charge in [-0.25, -0.2) is 4.79 Å². The van der Waals surface area contributed by atoms with Crippen molar-refractivity contribution in [1.29, 1.82) is 0 Å². The van der Waals surface area contributed by atoms with E-state index < -0.39 is 23.8 Å². The maximum absolute atomic E-state index is 14.0. The number of thiazole rings is 1. The number of imide groups is 1. The van der Waals surface area contributed by atoms with Gasteiger partial charge in [0.05, 0.1) is 16.9 Å². The Kier molecular flexibility index (Phi) is 7.63. The molecule has 0 radical (unpaired) electrons. The van der Waals surface area contributed by atoms with E-state index in [1.165, 1.54) is 11.3 Å². The number of H-pyrrole nitrogens is 1. The largest absolute Gasteiger partial charge is 0.483 e. The van der Waals surface area contributed by atoms with Crippen LogP contribution in [-0.2, 0) is 19.2 Å². The summed E-state index contributed by atoms with van der Waals surface area (Å²) >= 11 is 2.75. The molecular formula is C32H37N3O7S2. The molecule has 2 saturated heterocycles. The van der Waals surface area contributed by atoms with Crippen LogP contribution in [0.5, 0.6) is 5.75 Å². The summed E-state index contributed by atoms with van der Waals surface area (Å²) in [5, 5.41) is 10.8. The second-order valence-corrected chi connectivity index (χ2v) is 15.5. The number of aromatic amines is 1. The molecule has 12 heteroatoms. The normalized spacial score (nSPS) is 31.2. The topological polar surface area (TPSA) is 137 Å². The van der Waals surface area contributed by atoms with Crippen LogP contribution in [0.15, 0.2) is 34.1 Å². The molecule has 44 heavy (non-hydrogen) atoms. The van der Waals surface area contributed by atoms with Crippen molar-refractivity contribution in [2.24, 2.45) is 35.5 Å². The van der Waals surface area contributed by atoms with Gasteiger partial charge in [-0.3, -0.25) is 24.1 Å². The molecule has 1 aromatic heterocycles. The lowest BCUT2D eigenvalue weighted by Gasteiger charge is -2.43. The van der Waals surface area contributed by atoms with Gasteiger partial charge in [0.25, 0.3) is 5.91 Å². The maximum atomic E-state index is 14.0. The monoisotopic (exact) mass is 639 g/mol. The minimum Gasteiger partial charge on any atom is -0.483 e. The lowest BCUT2D eigenvalue weighted by molar-refractivity contribution is -0.156.